The number of sulfone groups is 1. The van der Waals surface area contributed by atoms with Crippen molar-refractivity contribution in [3.8, 4) is 0 Å². The number of rotatable bonds is 5. The number of fused-ring (bicyclic) bond motifs is 1. The molecule has 0 radical (unpaired) electrons. The highest BCUT2D eigenvalue weighted by Gasteiger charge is 2.31. The number of benzene rings is 2. The number of hydrogen-bond acceptors (Lipinski definition) is 7. The fourth-order valence-corrected chi connectivity index (χ4v) is 7.32. The first-order valence-corrected chi connectivity index (χ1v) is 13.3. The fourth-order valence-electron chi connectivity index (χ4n) is 3.29. The number of aromatic nitrogens is 1. The number of nitrogens with one attached hydrogen (secondary N) is 2. The van der Waals surface area contributed by atoms with Crippen LogP contribution in [0.3, 0.4) is 0 Å². The Balaban J connectivity index is 1.53. The van der Waals surface area contributed by atoms with Gasteiger partial charge in [-0.2, -0.15) is 0 Å². The standard InChI is InChI=1S/C19H19N3O5S3/c1-12-4-2-7-16-17(12)20-19(28-16)21-18(23)13-5-3-6-15(10-13)30(26,27)22-14-8-9-29(24,25)11-14/h2-7,10,14,22H,8-9,11H2,1H3,(H,20,21,23). The Morgan fingerprint density at radius 2 is 1.97 bits per heavy atom. The van der Waals surface area contributed by atoms with Gasteiger partial charge >= 0.3 is 0 Å². The molecule has 2 aromatic carbocycles. The van der Waals surface area contributed by atoms with Crippen molar-refractivity contribution in [1.29, 1.82) is 0 Å². The molecule has 1 saturated heterocycles. The summed E-state index contributed by atoms with van der Waals surface area (Å²) >= 11 is 1.33. The van der Waals surface area contributed by atoms with Crippen molar-refractivity contribution >= 4 is 52.5 Å². The van der Waals surface area contributed by atoms with Crippen molar-refractivity contribution in [2.24, 2.45) is 0 Å². The van der Waals surface area contributed by atoms with Gasteiger partial charge in [-0.15, -0.1) is 0 Å². The van der Waals surface area contributed by atoms with Crippen molar-refractivity contribution in [3.05, 3.63) is 53.6 Å². The second-order valence-corrected chi connectivity index (χ2v) is 12.1. The minimum absolute atomic E-state index is 0.0374. The number of carbonyl (C=O) groups is 1. The van der Waals surface area contributed by atoms with Crippen molar-refractivity contribution < 1.29 is 21.6 Å². The van der Waals surface area contributed by atoms with Gasteiger partial charge in [0.15, 0.2) is 15.0 Å². The summed E-state index contributed by atoms with van der Waals surface area (Å²) in [5, 5.41) is 3.13. The molecule has 0 bridgehead atoms. The first kappa shape index (κ1) is 20.9. The molecule has 2 heterocycles. The van der Waals surface area contributed by atoms with Crippen molar-refractivity contribution in [1.82, 2.24) is 9.71 Å². The van der Waals surface area contributed by atoms with Gasteiger partial charge in [0.1, 0.15) is 0 Å². The van der Waals surface area contributed by atoms with Gasteiger partial charge in [0.05, 0.1) is 26.6 Å². The average Bonchev–Trinajstić information content (AvgIpc) is 3.24. The van der Waals surface area contributed by atoms with Crippen LogP contribution >= 0.6 is 11.3 Å². The zero-order chi connectivity index (χ0) is 21.5. The second kappa shape index (κ2) is 7.73. The van der Waals surface area contributed by atoms with Gasteiger partial charge in [0, 0.05) is 11.6 Å². The molecule has 3 aromatic rings. The van der Waals surface area contributed by atoms with Gasteiger partial charge in [0.25, 0.3) is 5.91 Å². The summed E-state index contributed by atoms with van der Waals surface area (Å²) in [6.45, 7) is 1.94. The predicted molar refractivity (Wildman–Crippen MR) is 116 cm³/mol. The van der Waals surface area contributed by atoms with E-state index >= 15 is 0 Å². The summed E-state index contributed by atoms with van der Waals surface area (Å²) in [6, 6.07) is 10.7. The first-order chi connectivity index (χ1) is 14.1. The van der Waals surface area contributed by atoms with E-state index in [1.165, 1.54) is 35.6 Å². The highest BCUT2D eigenvalue weighted by molar-refractivity contribution is 7.92. The molecule has 30 heavy (non-hydrogen) atoms. The second-order valence-electron chi connectivity index (χ2n) is 7.14. The Morgan fingerprint density at radius 1 is 1.20 bits per heavy atom. The van der Waals surface area contributed by atoms with Crippen LogP contribution in [-0.4, -0.2) is 45.3 Å². The van der Waals surface area contributed by atoms with E-state index in [0.717, 1.165) is 15.8 Å². The summed E-state index contributed by atoms with van der Waals surface area (Å²) in [6.07, 6.45) is 0.235. The lowest BCUT2D eigenvalue weighted by molar-refractivity contribution is 0.102. The predicted octanol–water partition coefficient (Wildman–Crippen LogP) is 2.32. The van der Waals surface area contributed by atoms with Gasteiger partial charge in [-0.05, 0) is 43.2 Å². The van der Waals surface area contributed by atoms with E-state index in [1.807, 2.05) is 25.1 Å². The van der Waals surface area contributed by atoms with Crippen LogP contribution in [0.4, 0.5) is 5.13 Å². The zero-order valence-corrected chi connectivity index (χ0v) is 18.4. The lowest BCUT2D eigenvalue weighted by atomic mass is 10.2. The van der Waals surface area contributed by atoms with Gasteiger partial charge in [-0.1, -0.05) is 29.5 Å². The fraction of sp³-hybridized carbons (Fsp3) is 0.263. The Kier molecular flexibility index (Phi) is 5.39. The molecule has 4 rings (SSSR count). The third-order valence-electron chi connectivity index (χ3n) is 4.80. The number of carbonyl (C=O) groups excluding carboxylic acids is 1. The minimum Gasteiger partial charge on any atom is -0.298 e. The van der Waals surface area contributed by atoms with Crippen LogP contribution < -0.4 is 10.0 Å². The molecule has 0 saturated carbocycles. The maximum absolute atomic E-state index is 12.6. The summed E-state index contributed by atoms with van der Waals surface area (Å²) in [5.74, 6) is -0.736. The van der Waals surface area contributed by atoms with Crippen molar-refractivity contribution in [3.63, 3.8) is 0 Å². The highest BCUT2D eigenvalue weighted by atomic mass is 32.2. The molecule has 1 amide bonds. The Bertz CT molecular complexity index is 1350. The number of thiazole rings is 1. The third-order valence-corrected chi connectivity index (χ3v) is 9.02. The van der Waals surface area contributed by atoms with E-state index < -0.39 is 31.8 Å². The number of amides is 1. The van der Waals surface area contributed by atoms with Gasteiger partial charge < -0.3 is 0 Å². The number of anilines is 1. The summed E-state index contributed by atoms with van der Waals surface area (Å²) in [7, 11) is -7.17. The summed E-state index contributed by atoms with van der Waals surface area (Å²) in [5.41, 5.74) is 1.97. The molecule has 2 N–H and O–H groups in total. The van der Waals surface area contributed by atoms with E-state index in [0.29, 0.717) is 5.13 Å². The monoisotopic (exact) mass is 465 g/mol. The molecular formula is C19H19N3O5S3. The van der Waals surface area contributed by atoms with Crippen LogP contribution in [-0.2, 0) is 19.9 Å². The van der Waals surface area contributed by atoms with Crippen LogP contribution in [0.1, 0.15) is 22.3 Å². The first-order valence-electron chi connectivity index (χ1n) is 9.13. The van der Waals surface area contributed by atoms with Crippen LogP contribution in [0.5, 0.6) is 0 Å². The molecule has 8 nitrogen and oxygen atoms in total. The Labute approximate surface area is 178 Å². The van der Waals surface area contributed by atoms with Crippen molar-refractivity contribution in [2.75, 3.05) is 16.8 Å². The molecule has 158 valence electrons. The smallest absolute Gasteiger partial charge is 0.257 e. The number of aryl methyl sites for hydroxylation is 1. The molecular weight excluding hydrogens is 446 g/mol. The normalized spacial score (nSPS) is 18.5. The zero-order valence-electron chi connectivity index (χ0n) is 16.0. The Morgan fingerprint density at radius 3 is 2.67 bits per heavy atom. The molecule has 0 aliphatic carbocycles. The third kappa shape index (κ3) is 4.38. The minimum atomic E-state index is -3.96. The number of para-hydroxylation sites is 1. The quantitative estimate of drug-likeness (QED) is 0.596. The maximum atomic E-state index is 12.6. The topological polar surface area (TPSA) is 122 Å². The molecule has 1 fully saturated rings. The molecule has 11 heteroatoms. The Hall–Kier alpha value is -2.34. The molecule has 1 unspecified atom stereocenters. The molecule has 0 spiro atoms. The van der Waals surface area contributed by atoms with Gasteiger partial charge in [0.2, 0.25) is 10.0 Å². The SMILES string of the molecule is Cc1cccc2sc(NC(=O)c3cccc(S(=O)(=O)NC4CCS(=O)(=O)C4)c3)nc12. The van der Waals surface area contributed by atoms with Crippen LogP contribution in [0.25, 0.3) is 10.2 Å². The molecule has 1 aliphatic heterocycles. The number of hydrogen-bond donors (Lipinski definition) is 2. The van der Waals surface area contributed by atoms with E-state index in [4.69, 9.17) is 0 Å². The summed E-state index contributed by atoms with van der Waals surface area (Å²) < 4.78 is 51.8. The van der Waals surface area contributed by atoms with Crippen LogP contribution in [0, 0.1) is 6.92 Å². The van der Waals surface area contributed by atoms with Gasteiger partial charge in [-0.3, -0.25) is 10.1 Å². The molecule has 1 atom stereocenters. The maximum Gasteiger partial charge on any atom is 0.257 e. The van der Waals surface area contributed by atoms with Crippen molar-refractivity contribution in [2.45, 2.75) is 24.3 Å². The largest absolute Gasteiger partial charge is 0.298 e. The van der Waals surface area contributed by atoms with E-state index in [1.54, 1.807) is 0 Å². The molecule has 1 aliphatic rings. The number of nitrogens with zero attached hydrogens (tertiary/aromatic N) is 1. The summed E-state index contributed by atoms with van der Waals surface area (Å²) in [4.78, 5) is 17.0. The lowest BCUT2D eigenvalue weighted by Gasteiger charge is -2.12. The van der Waals surface area contributed by atoms with Crippen LogP contribution in [0.2, 0.25) is 0 Å². The van der Waals surface area contributed by atoms with Crippen LogP contribution in [0.15, 0.2) is 47.4 Å². The average molecular weight is 466 g/mol. The van der Waals surface area contributed by atoms with E-state index in [9.17, 15) is 21.6 Å². The van der Waals surface area contributed by atoms with E-state index in [-0.39, 0.29) is 28.4 Å². The lowest BCUT2D eigenvalue weighted by Crippen LogP contribution is -2.35. The highest BCUT2D eigenvalue weighted by Crippen LogP contribution is 2.28. The molecule has 1 aromatic heterocycles. The van der Waals surface area contributed by atoms with Gasteiger partial charge in [-0.25, -0.2) is 26.5 Å². The van der Waals surface area contributed by atoms with E-state index in [2.05, 4.69) is 15.0 Å². The number of sulfonamides is 1.